The van der Waals surface area contributed by atoms with E-state index in [-0.39, 0.29) is 22.4 Å². The summed E-state index contributed by atoms with van der Waals surface area (Å²) in [5.74, 6) is 1.81. The van der Waals surface area contributed by atoms with E-state index < -0.39 is 0 Å². The van der Waals surface area contributed by atoms with Gasteiger partial charge in [-0.25, -0.2) is 0 Å². The molecule has 2 aromatic rings. The molecule has 0 fully saturated rings. The first-order chi connectivity index (χ1) is 11.8. The van der Waals surface area contributed by atoms with Crippen LogP contribution in [0.15, 0.2) is 36.4 Å². The highest BCUT2D eigenvalue weighted by molar-refractivity contribution is 5.49. The van der Waals surface area contributed by atoms with Crippen molar-refractivity contribution < 1.29 is 30.9 Å². The molecule has 2 heterocycles. The van der Waals surface area contributed by atoms with Gasteiger partial charge in [0, 0.05) is 17.5 Å². The van der Waals surface area contributed by atoms with E-state index in [2.05, 4.69) is 64.2 Å². The first kappa shape index (κ1) is 19.2. The highest BCUT2D eigenvalue weighted by atomic mass is 79.9. The van der Waals surface area contributed by atoms with Crippen molar-refractivity contribution in [2.24, 2.45) is 0 Å². The predicted octanol–water partition coefficient (Wildman–Crippen LogP) is 1.42. The van der Waals surface area contributed by atoms with Crippen molar-refractivity contribution in [1.82, 2.24) is 0 Å². The average molecular weight is 418 g/mol. The second-order valence-corrected chi connectivity index (χ2v) is 8.83. The van der Waals surface area contributed by atoms with Crippen molar-refractivity contribution in [3.8, 4) is 11.5 Å². The minimum atomic E-state index is 0. The fourth-order valence-electron chi connectivity index (χ4n) is 3.97. The molecule has 1 unspecified atom stereocenters. The summed E-state index contributed by atoms with van der Waals surface area (Å²) in [5.41, 5.74) is 5.85. The maximum atomic E-state index is 5.57. The quantitative estimate of drug-likeness (QED) is 0.687. The molecule has 1 atom stereocenters. The molecule has 26 heavy (non-hydrogen) atoms. The molecule has 0 aliphatic carbocycles. The van der Waals surface area contributed by atoms with Gasteiger partial charge in [0.05, 0.1) is 13.6 Å². The number of hydrogen-bond acceptors (Lipinski definition) is 2. The molecular formula is C22H28BrNO2. The van der Waals surface area contributed by atoms with E-state index in [1.807, 2.05) is 0 Å². The third-order valence-corrected chi connectivity index (χ3v) is 5.55. The molecule has 140 valence electrons. The van der Waals surface area contributed by atoms with Gasteiger partial charge in [-0.2, -0.15) is 0 Å². The first-order valence-corrected chi connectivity index (χ1v) is 9.17. The number of ether oxygens (including phenoxy) is 2. The third-order valence-electron chi connectivity index (χ3n) is 5.55. The number of likely N-dealkylation sites (N-methyl/N-ethyl adjacent to an activating group) is 1. The van der Waals surface area contributed by atoms with Crippen molar-refractivity contribution in [1.29, 1.82) is 0 Å². The second-order valence-electron chi connectivity index (χ2n) is 8.83. The summed E-state index contributed by atoms with van der Waals surface area (Å²) in [7, 11) is 2.37. The molecule has 0 saturated carbocycles. The summed E-state index contributed by atoms with van der Waals surface area (Å²) in [6.45, 7) is 10.4. The Kier molecular flexibility index (Phi) is 5.11. The smallest absolute Gasteiger partial charge is 0.231 e. The largest absolute Gasteiger partial charge is 1.00 e. The molecule has 2 aliphatic rings. The van der Waals surface area contributed by atoms with Crippen LogP contribution in [0.1, 0.15) is 43.0 Å². The fourth-order valence-corrected chi connectivity index (χ4v) is 3.97. The van der Waals surface area contributed by atoms with Crippen molar-refractivity contribution in [3.05, 3.63) is 58.7 Å². The number of halogens is 1. The molecule has 0 N–H and O–H groups in total. The van der Waals surface area contributed by atoms with Crippen LogP contribution in [0.4, 0.5) is 0 Å². The van der Waals surface area contributed by atoms with E-state index in [9.17, 15) is 0 Å². The Hall–Kier alpha value is -1.52. The number of nitrogens with zero attached hydrogens (tertiary/aromatic N) is 1. The normalized spacial score (nSPS) is 21.1. The Morgan fingerprint density at radius 1 is 0.962 bits per heavy atom. The molecule has 4 rings (SSSR count). The predicted molar refractivity (Wildman–Crippen MR) is 99.9 cm³/mol. The third kappa shape index (κ3) is 3.77. The van der Waals surface area contributed by atoms with Gasteiger partial charge >= 0.3 is 0 Å². The van der Waals surface area contributed by atoms with Crippen molar-refractivity contribution in [2.75, 3.05) is 20.4 Å². The van der Waals surface area contributed by atoms with Gasteiger partial charge in [-0.3, -0.25) is 0 Å². The Morgan fingerprint density at radius 2 is 1.58 bits per heavy atom. The monoisotopic (exact) mass is 417 g/mol. The molecule has 0 radical (unpaired) electrons. The van der Waals surface area contributed by atoms with Gasteiger partial charge in [0.2, 0.25) is 6.79 Å². The summed E-state index contributed by atoms with van der Waals surface area (Å²) in [6.07, 6.45) is 1.10. The van der Waals surface area contributed by atoms with Crippen LogP contribution in [-0.2, 0) is 24.9 Å². The van der Waals surface area contributed by atoms with Gasteiger partial charge in [0.15, 0.2) is 11.5 Å². The molecule has 0 amide bonds. The van der Waals surface area contributed by atoms with E-state index in [1.165, 1.54) is 22.3 Å². The Labute approximate surface area is 167 Å². The average Bonchev–Trinajstić information content (AvgIpc) is 2.99. The number of hydrogen-bond donors (Lipinski definition) is 0. The van der Waals surface area contributed by atoms with Crippen LogP contribution in [0.2, 0.25) is 0 Å². The molecular weight excluding hydrogens is 390 g/mol. The van der Waals surface area contributed by atoms with E-state index in [0.29, 0.717) is 6.79 Å². The molecule has 3 nitrogen and oxygen atoms in total. The number of fused-ring (bicyclic) bond motifs is 2. The molecule has 0 spiro atoms. The van der Waals surface area contributed by atoms with Gasteiger partial charge in [-0.05, 0) is 28.7 Å². The SMILES string of the molecule is CC(C)(C)c1ccc(C[N+]2(C)CCc3cc4c(cc3C2)OCO4)cc1.[Br-]. The summed E-state index contributed by atoms with van der Waals surface area (Å²) >= 11 is 0. The molecule has 0 aromatic heterocycles. The Morgan fingerprint density at radius 3 is 2.19 bits per heavy atom. The van der Waals surface area contributed by atoms with Gasteiger partial charge in [-0.1, -0.05) is 45.0 Å². The van der Waals surface area contributed by atoms with Gasteiger partial charge < -0.3 is 30.9 Å². The highest BCUT2D eigenvalue weighted by Crippen LogP contribution is 2.38. The van der Waals surface area contributed by atoms with Crippen LogP contribution in [-0.4, -0.2) is 24.9 Å². The zero-order valence-electron chi connectivity index (χ0n) is 16.1. The van der Waals surface area contributed by atoms with Crippen LogP contribution in [0.25, 0.3) is 0 Å². The lowest BCUT2D eigenvalue weighted by atomic mass is 9.86. The zero-order valence-corrected chi connectivity index (χ0v) is 17.7. The van der Waals surface area contributed by atoms with Gasteiger partial charge in [0.25, 0.3) is 0 Å². The Balaban J connectivity index is 0.00000196. The van der Waals surface area contributed by atoms with Crippen molar-refractivity contribution >= 4 is 0 Å². The second kappa shape index (κ2) is 6.90. The minimum Gasteiger partial charge on any atom is -1.00 e. The molecule has 0 bridgehead atoms. The van der Waals surface area contributed by atoms with E-state index in [1.54, 1.807) is 0 Å². The Bertz CT molecular complexity index is 795. The van der Waals surface area contributed by atoms with E-state index in [4.69, 9.17) is 9.47 Å². The van der Waals surface area contributed by atoms with Crippen LogP contribution in [0.5, 0.6) is 11.5 Å². The standard InChI is InChI=1S/C22H28NO2.BrH/c1-22(2,3)19-7-5-16(6-8-19)13-23(4)10-9-17-11-20-21(25-15-24-20)12-18(17)14-23;/h5-8,11-12H,9-10,13-15H2,1-4H3;1H/q+1;/p-1. The molecule has 2 aliphatic heterocycles. The highest BCUT2D eigenvalue weighted by Gasteiger charge is 2.31. The topological polar surface area (TPSA) is 18.5 Å². The zero-order chi connectivity index (χ0) is 17.7. The number of quaternary nitrogens is 1. The van der Waals surface area contributed by atoms with Gasteiger partial charge in [-0.15, -0.1) is 0 Å². The molecule has 2 aromatic carbocycles. The van der Waals surface area contributed by atoms with E-state index >= 15 is 0 Å². The lowest BCUT2D eigenvalue weighted by Gasteiger charge is -2.39. The summed E-state index contributed by atoms with van der Waals surface area (Å²) in [5, 5.41) is 0. The van der Waals surface area contributed by atoms with Crippen molar-refractivity contribution in [2.45, 2.75) is 45.7 Å². The van der Waals surface area contributed by atoms with E-state index in [0.717, 1.165) is 42.0 Å². The molecule has 0 saturated heterocycles. The fraction of sp³-hybridized carbons (Fsp3) is 0.455. The molecule has 4 heteroatoms. The minimum absolute atomic E-state index is 0. The maximum absolute atomic E-state index is 5.57. The van der Waals surface area contributed by atoms with Crippen molar-refractivity contribution in [3.63, 3.8) is 0 Å². The van der Waals surface area contributed by atoms with Crippen LogP contribution >= 0.6 is 0 Å². The van der Waals surface area contributed by atoms with Gasteiger partial charge in [0.1, 0.15) is 13.1 Å². The summed E-state index contributed by atoms with van der Waals surface area (Å²) in [4.78, 5) is 0. The van der Waals surface area contributed by atoms with Crippen LogP contribution in [0, 0.1) is 0 Å². The number of benzene rings is 2. The first-order valence-electron chi connectivity index (χ1n) is 9.17. The number of rotatable bonds is 2. The lowest BCUT2D eigenvalue weighted by Crippen LogP contribution is -3.00. The summed E-state index contributed by atoms with van der Waals surface area (Å²) in [6, 6.07) is 13.6. The van der Waals surface area contributed by atoms with Crippen LogP contribution in [0.3, 0.4) is 0 Å². The van der Waals surface area contributed by atoms with Crippen LogP contribution < -0.4 is 26.5 Å². The lowest BCUT2D eigenvalue weighted by molar-refractivity contribution is -0.937. The summed E-state index contributed by atoms with van der Waals surface area (Å²) < 4.78 is 12.1. The maximum Gasteiger partial charge on any atom is 0.231 e.